The number of H-pyrrole nitrogens is 1. The molecule has 100 valence electrons. The van der Waals surface area contributed by atoms with E-state index in [1.807, 2.05) is 6.07 Å². The number of amides is 1. The van der Waals surface area contributed by atoms with E-state index in [4.69, 9.17) is 11.0 Å². The van der Waals surface area contributed by atoms with Gasteiger partial charge < -0.3 is 16.0 Å². The molecule has 0 radical (unpaired) electrons. The summed E-state index contributed by atoms with van der Waals surface area (Å²) in [6, 6.07) is 7.80. The lowest BCUT2D eigenvalue weighted by Gasteiger charge is -2.08. The third-order valence-electron chi connectivity index (χ3n) is 2.73. The Morgan fingerprint density at radius 3 is 2.75 bits per heavy atom. The monoisotopic (exact) mass is 268 g/mol. The average molecular weight is 268 g/mol. The number of nitriles is 1. The lowest BCUT2D eigenvalue weighted by Crippen LogP contribution is -2.22. The molecule has 0 aliphatic rings. The molecule has 4 N–H and O–H groups in total. The molecule has 0 atom stereocenters. The van der Waals surface area contributed by atoms with Crippen molar-refractivity contribution in [3.8, 4) is 6.07 Å². The van der Waals surface area contributed by atoms with E-state index in [0.29, 0.717) is 16.9 Å². The minimum absolute atomic E-state index is 0.000593. The van der Waals surface area contributed by atoms with Crippen LogP contribution in [0.3, 0.4) is 0 Å². The van der Waals surface area contributed by atoms with Gasteiger partial charge in [0.05, 0.1) is 23.0 Å². The molecule has 20 heavy (non-hydrogen) atoms. The van der Waals surface area contributed by atoms with Crippen LogP contribution < -0.4 is 16.5 Å². The molecule has 2 aromatic rings. The van der Waals surface area contributed by atoms with Crippen LogP contribution in [-0.2, 0) is 0 Å². The summed E-state index contributed by atoms with van der Waals surface area (Å²) < 4.78 is 0. The van der Waals surface area contributed by atoms with Crippen LogP contribution >= 0.6 is 0 Å². The maximum Gasteiger partial charge on any atom is 0.261 e. The van der Waals surface area contributed by atoms with E-state index < -0.39 is 5.91 Å². The number of benzene rings is 1. The van der Waals surface area contributed by atoms with Crippen LogP contribution in [0.2, 0.25) is 0 Å². The Balaban J connectivity index is 2.28. The number of nitrogens with one attached hydrogen (secondary N) is 2. The van der Waals surface area contributed by atoms with Gasteiger partial charge >= 0.3 is 0 Å². The molecule has 0 fully saturated rings. The maximum atomic E-state index is 12.0. The van der Waals surface area contributed by atoms with Crippen molar-refractivity contribution < 1.29 is 4.79 Å². The van der Waals surface area contributed by atoms with E-state index >= 15 is 0 Å². The Morgan fingerprint density at radius 2 is 2.15 bits per heavy atom. The van der Waals surface area contributed by atoms with Gasteiger partial charge in [-0.2, -0.15) is 5.26 Å². The Bertz CT molecular complexity index is 771. The first-order valence-corrected chi connectivity index (χ1v) is 5.81. The number of aryl methyl sites for hydroxylation is 1. The predicted octanol–water partition coefficient (Wildman–Crippen LogP) is 1.39. The molecule has 0 aliphatic heterocycles. The fourth-order valence-electron chi connectivity index (χ4n) is 1.69. The molecule has 1 heterocycles. The van der Waals surface area contributed by atoms with Crippen molar-refractivity contribution in [1.82, 2.24) is 4.98 Å². The minimum atomic E-state index is -0.553. The number of carbonyl (C=O) groups is 1. The molecular formula is C14H12N4O2. The summed E-state index contributed by atoms with van der Waals surface area (Å²) in [4.78, 5) is 26.5. The first-order chi connectivity index (χ1) is 9.51. The number of aromatic nitrogens is 1. The highest BCUT2D eigenvalue weighted by atomic mass is 16.2. The molecule has 0 unspecified atom stereocenters. The van der Waals surface area contributed by atoms with E-state index in [-0.39, 0.29) is 16.7 Å². The maximum absolute atomic E-state index is 12.0. The lowest BCUT2D eigenvalue weighted by molar-refractivity contribution is 0.102. The number of carbonyl (C=O) groups excluding carboxylic acids is 1. The Kier molecular flexibility index (Phi) is 3.53. The number of nitrogen functional groups attached to an aromatic ring is 1. The number of nitrogens with two attached hydrogens (primary N) is 1. The summed E-state index contributed by atoms with van der Waals surface area (Å²) in [5.41, 5.74) is 7.05. The molecule has 6 nitrogen and oxygen atoms in total. The van der Waals surface area contributed by atoms with Crippen LogP contribution in [0, 0.1) is 18.3 Å². The first-order valence-electron chi connectivity index (χ1n) is 5.81. The minimum Gasteiger partial charge on any atom is -0.397 e. The van der Waals surface area contributed by atoms with Gasteiger partial charge in [0.2, 0.25) is 0 Å². The van der Waals surface area contributed by atoms with Crippen molar-refractivity contribution in [3.05, 3.63) is 57.5 Å². The Hall–Kier alpha value is -3.07. The van der Waals surface area contributed by atoms with Crippen molar-refractivity contribution in [1.29, 1.82) is 5.26 Å². The topological polar surface area (TPSA) is 112 Å². The summed E-state index contributed by atoms with van der Waals surface area (Å²) in [5.74, 6) is -0.553. The summed E-state index contributed by atoms with van der Waals surface area (Å²) in [7, 11) is 0. The SMILES string of the molecule is Cc1cc(=O)c(C(=O)Nc2ccc(C#N)cc2N)c[nH]1. The number of rotatable bonds is 2. The second-order valence-corrected chi connectivity index (χ2v) is 4.26. The highest BCUT2D eigenvalue weighted by Gasteiger charge is 2.12. The predicted molar refractivity (Wildman–Crippen MR) is 75.3 cm³/mol. The van der Waals surface area contributed by atoms with Gasteiger partial charge in [0, 0.05) is 18.0 Å². The van der Waals surface area contributed by atoms with E-state index in [0.717, 1.165) is 0 Å². The number of hydrogen-bond donors (Lipinski definition) is 3. The second-order valence-electron chi connectivity index (χ2n) is 4.26. The molecule has 0 saturated heterocycles. The smallest absolute Gasteiger partial charge is 0.261 e. The largest absolute Gasteiger partial charge is 0.397 e. The van der Waals surface area contributed by atoms with Crippen molar-refractivity contribution in [2.75, 3.05) is 11.1 Å². The zero-order chi connectivity index (χ0) is 14.7. The van der Waals surface area contributed by atoms with Gasteiger partial charge in [-0.25, -0.2) is 0 Å². The molecule has 6 heteroatoms. The van der Waals surface area contributed by atoms with Crippen molar-refractivity contribution in [2.24, 2.45) is 0 Å². The van der Waals surface area contributed by atoms with Gasteiger partial charge in [0.15, 0.2) is 5.43 Å². The summed E-state index contributed by atoms with van der Waals surface area (Å²) in [6.45, 7) is 1.72. The van der Waals surface area contributed by atoms with Crippen LogP contribution in [0.15, 0.2) is 35.3 Å². The van der Waals surface area contributed by atoms with E-state index in [2.05, 4.69) is 10.3 Å². The molecule has 0 spiro atoms. The van der Waals surface area contributed by atoms with Crippen LogP contribution in [0.5, 0.6) is 0 Å². The molecule has 0 aliphatic carbocycles. The van der Waals surface area contributed by atoms with Crippen LogP contribution in [0.4, 0.5) is 11.4 Å². The van der Waals surface area contributed by atoms with Crippen LogP contribution in [0.25, 0.3) is 0 Å². The Labute approximate surface area is 114 Å². The zero-order valence-electron chi connectivity index (χ0n) is 10.7. The Morgan fingerprint density at radius 1 is 1.40 bits per heavy atom. The summed E-state index contributed by atoms with van der Waals surface area (Å²) >= 11 is 0. The zero-order valence-corrected chi connectivity index (χ0v) is 10.7. The first kappa shape index (κ1) is 13.4. The third kappa shape index (κ3) is 2.67. The fraction of sp³-hybridized carbons (Fsp3) is 0.0714. The molecule has 1 amide bonds. The van der Waals surface area contributed by atoms with E-state index in [1.54, 1.807) is 6.92 Å². The van der Waals surface area contributed by atoms with Crippen molar-refractivity contribution in [2.45, 2.75) is 6.92 Å². The van der Waals surface area contributed by atoms with E-state index in [1.165, 1.54) is 30.5 Å². The van der Waals surface area contributed by atoms with Gasteiger partial charge in [-0.1, -0.05) is 0 Å². The van der Waals surface area contributed by atoms with Gasteiger partial charge in [-0.3, -0.25) is 9.59 Å². The second kappa shape index (κ2) is 5.28. The third-order valence-corrected chi connectivity index (χ3v) is 2.73. The molecule has 0 saturated carbocycles. The standard InChI is InChI=1S/C14H12N4O2/c1-8-4-13(19)10(7-17-8)14(20)18-12-3-2-9(6-15)5-11(12)16/h2-5,7H,16H2,1H3,(H,17,19)(H,18,20). The van der Waals surface area contributed by atoms with Crippen molar-refractivity contribution in [3.63, 3.8) is 0 Å². The van der Waals surface area contributed by atoms with Gasteiger partial charge in [0.1, 0.15) is 5.56 Å². The molecular weight excluding hydrogens is 256 g/mol. The number of nitrogens with zero attached hydrogens (tertiary/aromatic N) is 1. The number of hydrogen-bond acceptors (Lipinski definition) is 4. The number of anilines is 2. The van der Waals surface area contributed by atoms with E-state index in [9.17, 15) is 9.59 Å². The van der Waals surface area contributed by atoms with Gasteiger partial charge in [-0.05, 0) is 25.1 Å². The summed E-state index contributed by atoms with van der Waals surface area (Å²) in [6.07, 6.45) is 1.35. The fourth-order valence-corrected chi connectivity index (χ4v) is 1.69. The average Bonchev–Trinajstić information content (AvgIpc) is 2.40. The number of pyridine rings is 1. The molecule has 2 rings (SSSR count). The van der Waals surface area contributed by atoms with Crippen LogP contribution in [-0.4, -0.2) is 10.9 Å². The molecule has 1 aromatic carbocycles. The van der Waals surface area contributed by atoms with Crippen molar-refractivity contribution >= 4 is 17.3 Å². The lowest BCUT2D eigenvalue weighted by atomic mass is 10.1. The quantitative estimate of drug-likeness (QED) is 0.714. The molecule has 0 bridgehead atoms. The number of aromatic amines is 1. The highest BCUT2D eigenvalue weighted by molar-refractivity contribution is 6.05. The van der Waals surface area contributed by atoms with Gasteiger partial charge in [-0.15, -0.1) is 0 Å². The molecule has 1 aromatic heterocycles. The normalized spacial score (nSPS) is 9.80. The summed E-state index contributed by atoms with van der Waals surface area (Å²) in [5, 5.41) is 11.3. The highest BCUT2D eigenvalue weighted by Crippen LogP contribution is 2.19. The van der Waals surface area contributed by atoms with Gasteiger partial charge in [0.25, 0.3) is 5.91 Å². The van der Waals surface area contributed by atoms with Crippen LogP contribution in [0.1, 0.15) is 21.6 Å².